The van der Waals surface area contributed by atoms with Crippen molar-refractivity contribution >= 4 is 17.5 Å². The highest BCUT2D eigenvalue weighted by atomic mass is 16.5. The minimum atomic E-state index is -0.203. The Balaban J connectivity index is 1.86. The molecule has 5 nitrogen and oxygen atoms in total. The zero-order valence-corrected chi connectivity index (χ0v) is 13.2. The zero-order valence-electron chi connectivity index (χ0n) is 13.2. The van der Waals surface area contributed by atoms with E-state index in [2.05, 4.69) is 10.6 Å². The fourth-order valence-corrected chi connectivity index (χ4v) is 2.12. The molecule has 0 heterocycles. The summed E-state index contributed by atoms with van der Waals surface area (Å²) in [7, 11) is 0. The van der Waals surface area contributed by atoms with Crippen LogP contribution in [-0.4, -0.2) is 18.4 Å². The molecule has 2 N–H and O–H groups in total. The second-order valence-corrected chi connectivity index (χ2v) is 5.20. The molecule has 0 aliphatic rings. The fourth-order valence-electron chi connectivity index (χ4n) is 2.12. The lowest BCUT2D eigenvalue weighted by Crippen LogP contribution is -2.31. The van der Waals surface area contributed by atoms with Gasteiger partial charge in [0.15, 0.2) is 6.61 Å². The van der Waals surface area contributed by atoms with E-state index in [4.69, 9.17) is 4.74 Å². The monoisotopic (exact) mass is 312 g/mol. The molecular weight excluding hydrogens is 292 g/mol. The highest BCUT2D eigenvalue weighted by molar-refractivity contribution is 5.88. The molecule has 23 heavy (non-hydrogen) atoms. The van der Waals surface area contributed by atoms with Crippen molar-refractivity contribution in [3.05, 3.63) is 60.2 Å². The van der Waals surface area contributed by atoms with Crippen LogP contribution in [0.2, 0.25) is 0 Å². The summed E-state index contributed by atoms with van der Waals surface area (Å²) in [5.41, 5.74) is 1.67. The number of amides is 2. The third-order valence-electron chi connectivity index (χ3n) is 3.20. The van der Waals surface area contributed by atoms with Gasteiger partial charge >= 0.3 is 0 Å². The second kappa shape index (κ2) is 7.98. The maximum Gasteiger partial charge on any atom is 0.258 e. The molecule has 5 heteroatoms. The number of carbonyl (C=O) groups is 2. The summed E-state index contributed by atoms with van der Waals surface area (Å²) in [4.78, 5) is 23.0. The lowest BCUT2D eigenvalue weighted by Gasteiger charge is -2.15. The van der Waals surface area contributed by atoms with E-state index in [-0.39, 0.29) is 24.5 Å². The third-order valence-corrected chi connectivity index (χ3v) is 3.20. The Bertz CT molecular complexity index is 671. The minimum Gasteiger partial charge on any atom is -0.484 e. The van der Waals surface area contributed by atoms with Crippen molar-refractivity contribution in [3.63, 3.8) is 0 Å². The van der Waals surface area contributed by atoms with E-state index in [1.165, 1.54) is 6.92 Å². The largest absolute Gasteiger partial charge is 0.484 e. The molecule has 0 saturated heterocycles. The van der Waals surface area contributed by atoms with Gasteiger partial charge in [0.25, 0.3) is 5.91 Å². The quantitative estimate of drug-likeness (QED) is 0.862. The molecule has 1 atom stereocenters. The highest BCUT2D eigenvalue weighted by Gasteiger charge is 2.10. The molecule has 2 rings (SSSR count). The Labute approximate surface area is 135 Å². The van der Waals surface area contributed by atoms with Gasteiger partial charge in [0.1, 0.15) is 5.75 Å². The van der Waals surface area contributed by atoms with Crippen molar-refractivity contribution in [2.45, 2.75) is 19.9 Å². The van der Waals surface area contributed by atoms with Crippen LogP contribution in [0.5, 0.6) is 5.75 Å². The number of hydrogen-bond donors (Lipinski definition) is 2. The number of anilines is 1. The van der Waals surface area contributed by atoms with Gasteiger partial charge in [-0.15, -0.1) is 0 Å². The molecule has 0 fully saturated rings. The van der Waals surface area contributed by atoms with E-state index in [0.717, 1.165) is 5.56 Å². The lowest BCUT2D eigenvalue weighted by molar-refractivity contribution is -0.123. The maximum absolute atomic E-state index is 12.0. The first-order valence-electron chi connectivity index (χ1n) is 7.39. The third kappa shape index (κ3) is 5.47. The molecule has 0 aliphatic carbocycles. The second-order valence-electron chi connectivity index (χ2n) is 5.20. The van der Waals surface area contributed by atoms with Crippen molar-refractivity contribution in [2.75, 3.05) is 11.9 Å². The predicted molar refractivity (Wildman–Crippen MR) is 89.2 cm³/mol. The van der Waals surface area contributed by atoms with Crippen molar-refractivity contribution in [1.29, 1.82) is 0 Å². The molecule has 120 valence electrons. The number of hydrogen-bond acceptors (Lipinski definition) is 3. The first kappa shape index (κ1) is 16.5. The standard InChI is InChI=1S/C18H20N2O3/c1-13(15-7-4-3-5-8-15)19-18(22)12-23-17-10-6-9-16(11-17)20-14(2)21/h3-11,13H,12H2,1-2H3,(H,19,22)(H,20,21)/t13-/m1/s1. The zero-order chi connectivity index (χ0) is 16.7. The molecule has 0 bridgehead atoms. The van der Waals surface area contributed by atoms with Gasteiger partial charge in [-0.2, -0.15) is 0 Å². The van der Waals surface area contributed by atoms with Crippen LogP contribution in [0.4, 0.5) is 5.69 Å². The van der Waals surface area contributed by atoms with Gasteiger partial charge in [-0.05, 0) is 24.6 Å². The Morgan fingerprint density at radius 2 is 1.83 bits per heavy atom. The molecule has 0 spiro atoms. The highest BCUT2D eigenvalue weighted by Crippen LogP contribution is 2.17. The Morgan fingerprint density at radius 1 is 1.09 bits per heavy atom. The molecule has 0 aliphatic heterocycles. The van der Waals surface area contributed by atoms with Crippen LogP contribution >= 0.6 is 0 Å². The van der Waals surface area contributed by atoms with Gasteiger partial charge in [0, 0.05) is 18.7 Å². The number of ether oxygens (including phenoxy) is 1. The summed E-state index contributed by atoms with van der Waals surface area (Å²) in [5, 5.41) is 5.55. The predicted octanol–water partition coefficient (Wildman–Crippen LogP) is 2.90. The van der Waals surface area contributed by atoms with E-state index in [0.29, 0.717) is 11.4 Å². The summed E-state index contributed by atoms with van der Waals surface area (Å²) in [6.07, 6.45) is 0. The minimum absolute atomic E-state index is 0.0826. The summed E-state index contributed by atoms with van der Waals surface area (Å²) in [6, 6.07) is 16.6. The average molecular weight is 312 g/mol. The van der Waals surface area contributed by atoms with E-state index in [1.54, 1.807) is 24.3 Å². The fraction of sp³-hybridized carbons (Fsp3) is 0.222. The van der Waals surface area contributed by atoms with Crippen LogP contribution in [0.1, 0.15) is 25.5 Å². The first-order chi connectivity index (χ1) is 11.0. The molecule has 0 saturated carbocycles. The summed E-state index contributed by atoms with van der Waals surface area (Å²) in [5.74, 6) is 0.168. The van der Waals surface area contributed by atoms with Crippen LogP contribution in [0.15, 0.2) is 54.6 Å². The lowest BCUT2D eigenvalue weighted by atomic mass is 10.1. The summed E-state index contributed by atoms with van der Waals surface area (Å²) in [6.45, 7) is 3.28. The Morgan fingerprint density at radius 3 is 2.52 bits per heavy atom. The van der Waals surface area contributed by atoms with Gasteiger partial charge in [0.05, 0.1) is 6.04 Å². The summed E-state index contributed by atoms with van der Waals surface area (Å²) < 4.78 is 5.46. The van der Waals surface area contributed by atoms with Gasteiger partial charge in [-0.1, -0.05) is 36.4 Å². The van der Waals surface area contributed by atoms with Gasteiger partial charge in [-0.25, -0.2) is 0 Å². The van der Waals surface area contributed by atoms with Crippen LogP contribution in [0.3, 0.4) is 0 Å². The number of nitrogens with one attached hydrogen (secondary N) is 2. The van der Waals surface area contributed by atoms with Crippen LogP contribution in [-0.2, 0) is 9.59 Å². The van der Waals surface area contributed by atoms with E-state index >= 15 is 0 Å². The van der Waals surface area contributed by atoms with E-state index < -0.39 is 0 Å². The van der Waals surface area contributed by atoms with Gasteiger partial charge < -0.3 is 15.4 Å². The van der Waals surface area contributed by atoms with Gasteiger partial charge in [-0.3, -0.25) is 9.59 Å². The van der Waals surface area contributed by atoms with Crippen LogP contribution in [0, 0.1) is 0 Å². The molecular formula is C18H20N2O3. The SMILES string of the molecule is CC(=O)Nc1cccc(OCC(=O)N[C@H](C)c2ccccc2)c1. The van der Waals surface area contributed by atoms with Gasteiger partial charge in [0.2, 0.25) is 5.91 Å². The van der Waals surface area contributed by atoms with Crippen molar-refractivity contribution in [1.82, 2.24) is 5.32 Å². The molecule has 2 amide bonds. The summed E-state index contributed by atoms with van der Waals surface area (Å²) >= 11 is 0. The molecule has 2 aromatic carbocycles. The normalized spacial score (nSPS) is 11.4. The first-order valence-corrected chi connectivity index (χ1v) is 7.39. The number of benzene rings is 2. The molecule has 0 radical (unpaired) electrons. The van der Waals surface area contributed by atoms with Crippen molar-refractivity contribution < 1.29 is 14.3 Å². The Hall–Kier alpha value is -2.82. The Kier molecular flexibility index (Phi) is 5.74. The molecule has 0 unspecified atom stereocenters. The van der Waals surface area contributed by atoms with Crippen molar-refractivity contribution in [2.24, 2.45) is 0 Å². The van der Waals surface area contributed by atoms with Crippen LogP contribution < -0.4 is 15.4 Å². The van der Waals surface area contributed by atoms with E-state index in [1.807, 2.05) is 37.3 Å². The number of carbonyl (C=O) groups excluding carboxylic acids is 2. The molecule has 0 aromatic heterocycles. The number of rotatable bonds is 6. The average Bonchev–Trinajstić information content (AvgIpc) is 2.53. The smallest absolute Gasteiger partial charge is 0.258 e. The topological polar surface area (TPSA) is 67.4 Å². The molecule has 2 aromatic rings. The van der Waals surface area contributed by atoms with Crippen molar-refractivity contribution in [3.8, 4) is 5.75 Å². The van der Waals surface area contributed by atoms with Crippen LogP contribution in [0.25, 0.3) is 0 Å². The van der Waals surface area contributed by atoms with E-state index in [9.17, 15) is 9.59 Å². The maximum atomic E-state index is 12.0.